The number of hydrogen-bond donors (Lipinski definition) is 2. The summed E-state index contributed by atoms with van der Waals surface area (Å²) in [6.07, 6.45) is -1.21. The van der Waals surface area contributed by atoms with Crippen molar-refractivity contribution in [3.05, 3.63) is 65.6 Å². The van der Waals surface area contributed by atoms with E-state index in [1.165, 1.54) is 18.5 Å². The molecule has 6 nitrogen and oxygen atoms in total. The number of benzene rings is 2. The Morgan fingerprint density at radius 1 is 1.13 bits per heavy atom. The number of nitrogens with one attached hydrogen (secondary N) is 1. The fraction of sp³-hybridized carbons (Fsp3) is 0.250. The summed E-state index contributed by atoms with van der Waals surface area (Å²) in [5.41, 5.74) is 1.51. The molecule has 1 atom stereocenters. The van der Waals surface area contributed by atoms with Gasteiger partial charge in [0.25, 0.3) is 0 Å². The maximum atomic E-state index is 12.8. The molecular formula is C20H21F3N4O2S. The summed E-state index contributed by atoms with van der Waals surface area (Å²) in [6.45, 7) is 3.40. The molecule has 30 heavy (non-hydrogen) atoms. The molecular weight excluding hydrogens is 417 g/mol. The Hall–Kier alpha value is -2.85. The van der Waals surface area contributed by atoms with Gasteiger partial charge in [-0.3, -0.25) is 0 Å². The van der Waals surface area contributed by atoms with E-state index in [4.69, 9.17) is 5.14 Å². The van der Waals surface area contributed by atoms with Gasteiger partial charge in [0.1, 0.15) is 0 Å². The zero-order valence-corrected chi connectivity index (χ0v) is 17.3. The average molecular weight is 438 g/mol. The van der Waals surface area contributed by atoms with Crippen LogP contribution in [0.4, 0.5) is 18.9 Å². The van der Waals surface area contributed by atoms with Crippen molar-refractivity contribution in [2.24, 2.45) is 12.2 Å². The van der Waals surface area contributed by atoms with E-state index in [2.05, 4.69) is 10.3 Å². The fourth-order valence-corrected chi connectivity index (χ4v) is 4.26. The highest BCUT2D eigenvalue weighted by atomic mass is 32.2. The maximum Gasteiger partial charge on any atom is 0.416 e. The third kappa shape index (κ3) is 4.49. The van der Waals surface area contributed by atoms with E-state index < -0.39 is 27.8 Å². The molecule has 0 unspecified atom stereocenters. The third-order valence-corrected chi connectivity index (χ3v) is 5.81. The van der Waals surface area contributed by atoms with Gasteiger partial charge in [-0.15, -0.1) is 0 Å². The summed E-state index contributed by atoms with van der Waals surface area (Å²) in [6, 6.07) is 7.70. The minimum atomic E-state index is -4.41. The molecule has 0 bridgehead atoms. The van der Waals surface area contributed by atoms with Crippen molar-refractivity contribution in [3.63, 3.8) is 0 Å². The van der Waals surface area contributed by atoms with Gasteiger partial charge in [-0.1, -0.05) is 18.2 Å². The molecule has 0 radical (unpaired) electrons. The lowest BCUT2D eigenvalue weighted by Crippen LogP contribution is -2.17. The zero-order valence-electron chi connectivity index (χ0n) is 16.5. The molecule has 0 amide bonds. The molecule has 160 valence electrons. The van der Waals surface area contributed by atoms with E-state index in [1.54, 1.807) is 43.8 Å². The first-order valence-electron chi connectivity index (χ1n) is 8.96. The number of aryl methyl sites for hydroxylation is 2. The fourth-order valence-electron chi connectivity index (χ4n) is 3.25. The Kier molecular flexibility index (Phi) is 5.66. The van der Waals surface area contributed by atoms with E-state index in [1.807, 2.05) is 0 Å². The van der Waals surface area contributed by atoms with Gasteiger partial charge in [-0.25, -0.2) is 18.5 Å². The number of sulfonamides is 1. The van der Waals surface area contributed by atoms with Crippen molar-refractivity contribution in [3.8, 4) is 11.3 Å². The van der Waals surface area contributed by atoms with E-state index in [0.29, 0.717) is 28.1 Å². The molecule has 0 aliphatic carbocycles. The van der Waals surface area contributed by atoms with Crippen LogP contribution in [-0.2, 0) is 23.2 Å². The Bertz CT molecular complexity index is 1170. The van der Waals surface area contributed by atoms with Crippen LogP contribution < -0.4 is 10.5 Å². The van der Waals surface area contributed by atoms with Gasteiger partial charge in [0.05, 0.1) is 22.5 Å². The van der Waals surface area contributed by atoms with Gasteiger partial charge >= 0.3 is 6.18 Å². The van der Waals surface area contributed by atoms with Crippen molar-refractivity contribution in [1.82, 2.24) is 9.55 Å². The third-order valence-electron chi connectivity index (χ3n) is 4.71. The van der Waals surface area contributed by atoms with Crippen LogP contribution in [-0.4, -0.2) is 18.0 Å². The van der Waals surface area contributed by atoms with Crippen LogP contribution in [0.1, 0.15) is 29.7 Å². The molecule has 3 aromatic rings. The van der Waals surface area contributed by atoms with Crippen molar-refractivity contribution in [2.45, 2.75) is 31.0 Å². The van der Waals surface area contributed by atoms with Gasteiger partial charge < -0.3 is 9.88 Å². The Balaban J connectivity index is 2.06. The van der Waals surface area contributed by atoms with Crippen LogP contribution in [0.25, 0.3) is 11.3 Å². The smallest absolute Gasteiger partial charge is 0.378 e. The minimum Gasteiger partial charge on any atom is -0.378 e. The molecule has 0 fully saturated rings. The van der Waals surface area contributed by atoms with E-state index in [0.717, 1.165) is 12.1 Å². The van der Waals surface area contributed by atoms with Crippen molar-refractivity contribution >= 4 is 15.7 Å². The summed E-state index contributed by atoms with van der Waals surface area (Å²) in [7, 11) is -2.31. The van der Waals surface area contributed by atoms with E-state index in [-0.39, 0.29) is 4.90 Å². The molecule has 3 rings (SSSR count). The Morgan fingerprint density at radius 2 is 1.77 bits per heavy atom. The highest BCUT2D eigenvalue weighted by Gasteiger charge is 2.30. The van der Waals surface area contributed by atoms with Gasteiger partial charge in [0.15, 0.2) is 0 Å². The molecule has 0 aliphatic heterocycles. The molecule has 0 saturated carbocycles. The monoisotopic (exact) mass is 438 g/mol. The second-order valence-corrected chi connectivity index (χ2v) is 8.59. The van der Waals surface area contributed by atoms with Crippen LogP contribution in [0.3, 0.4) is 0 Å². The van der Waals surface area contributed by atoms with Crippen molar-refractivity contribution < 1.29 is 21.6 Å². The number of aromatic nitrogens is 2. The summed E-state index contributed by atoms with van der Waals surface area (Å²) >= 11 is 0. The highest BCUT2D eigenvalue weighted by Crippen LogP contribution is 2.37. The first-order chi connectivity index (χ1) is 13.9. The lowest BCUT2D eigenvalue weighted by molar-refractivity contribution is -0.137. The van der Waals surface area contributed by atoms with Gasteiger partial charge in [-0.2, -0.15) is 13.2 Å². The predicted molar refractivity (Wildman–Crippen MR) is 108 cm³/mol. The Morgan fingerprint density at radius 3 is 2.27 bits per heavy atom. The van der Waals surface area contributed by atoms with Gasteiger partial charge in [-0.05, 0) is 43.2 Å². The zero-order chi connectivity index (χ0) is 22.3. The van der Waals surface area contributed by atoms with Crippen molar-refractivity contribution in [1.29, 1.82) is 0 Å². The molecule has 0 saturated heterocycles. The summed E-state index contributed by atoms with van der Waals surface area (Å²) in [5, 5.41) is 8.66. The van der Waals surface area contributed by atoms with Gasteiger partial charge in [0, 0.05) is 30.5 Å². The molecule has 1 aromatic heterocycles. The number of rotatable bonds is 5. The number of halogens is 3. The number of alkyl halides is 3. The minimum absolute atomic E-state index is 0.0502. The van der Waals surface area contributed by atoms with Crippen LogP contribution >= 0.6 is 0 Å². The summed E-state index contributed by atoms with van der Waals surface area (Å²) < 4.78 is 64.7. The second-order valence-electron chi connectivity index (χ2n) is 7.09. The average Bonchev–Trinajstić information content (AvgIpc) is 3.07. The molecule has 2 aromatic carbocycles. The number of primary sulfonamides is 1. The SMILES string of the molecule is Cc1ccc(N[C@@H](C)c2ccc(C(F)(F)F)cc2)c(-c2cn(C)cn2)c1S(N)(=O)=O. The molecule has 0 spiro atoms. The van der Waals surface area contributed by atoms with Crippen molar-refractivity contribution in [2.75, 3.05) is 5.32 Å². The number of nitrogens with zero attached hydrogens (tertiary/aromatic N) is 2. The quantitative estimate of drug-likeness (QED) is 0.624. The first kappa shape index (κ1) is 21.8. The molecule has 10 heteroatoms. The molecule has 3 N–H and O–H groups in total. The Labute approximate surface area is 172 Å². The lowest BCUT2D eigenvalue weighted by Gasteiger charge is -2.21. The first-order valence-corrected chi connectivity index (χ1v) is 10.5. The number of hydrogen-bond acceptors (Lipinski definition) is 4. The molecule has 1 heterocycles. The predicted octanol–water partition coefficient (Wildman–Crippen LogP) is 4.23. The standard InChI is InChI=1S/C20H21F3N4O2S/c1-12-4-9-16(18(19(12)30(24,28)29)17-10-27(3)11-25-17)26-13(2)14-5-7-15(8-6-14)20(21,22)23/h4-11,13,26H,1-3H3,(H2,24,28,29)/t13-/m0/s1. The highest BCUT2D eigenvalue weighted by molar-refractivity contribution is 7.89. The van der Waals surface area contributed by atoms with E-state index >= 15 is 0 Å². The van der Waals surface area contributed by atoms with Crippen LogP contribution in [0.5, 0.6) is 0 Å². The van der Waals surface area contributed by atoms with Crippen LogP contribution in [0.15, 0.2) is 53.8 Å². The normalized spacial score (nSPS) is 13.3. The topological polar surface area (TPSA) is 90.0 Å². The summed E-state index contributed by atoms with van der Waals surface area (Å²) in [5.74, 6) is 0. The summed E-state index contributed by atoms with van der Waals surface area (Å²) in [4.78, 5) is 4.21. The number of anilines is 1. The largest absolute Gasteiger partial charge is 0.416 e. The lowest BCUT2D eigenvalue weighted by atomic mass is 10.0. The second kappa shape index (κ2) is 7.77. The molecule has 0 aliphatic rings. The van der Waals surface area contributed by atoms with Crippen LogP contribution in [0, 0.1) is 6.92 Å². The van der Waals surface area contributed by atoms with Gasteiger partial charge in [0.2, 0.25) is 10.0 Å². The maximum absolute atomic E-state index is 12.8. The van der Waals surface area contributed by atoms with E-state index in [9.17, 15) is 21.6 Å². The van der Waals surface area contributed by atoms with Crippen LogP contribution in [0.2, 0.25) is 0 Å². The number of nitrogens with two attached hydrogens (primary N) is 1. The number of imidazole rings is 1.